The van der Waals surface area contributed by atoms with Crippen molar-refractivity contribution in [3.8, 4) is 0 Å². The molecule has 0 bridgehead atoms. The van der Waals surface area contributed by atoms with E-state index in [1.165, 1.54) is 0 Å². The summed E-state index contributed by atoms with van der Waals surface area (Å²) in [5.41, 5.74) is 0. The molecular formula is C11H23NO2. The van der Waals surface area contributed by atoms with E-state index in [2.05, 4.69) is 19.2 Å². The molecule has 3 nitrogen and oxygen atoms in total. The minimum absolute atomic E-state index is 0.371. The van der Waals surface area contributed by atoms with Crippen molar-refractivity contribution in [2.75, 3.05) is 32.9 Å². The number of rotatable bonds is 7. The van der Waals surface area contributed by atoms with Gasteiger partial charge in [-0.15, -0.1) is 0 Å². The predicted molar refractivity (Wildman–Crippen MR) is 57.5 cm³/mol. The van der Waals surface area contributed by atoms with Crippen molar-refractivity contribution in [1.29, 1.82) is 0 Å². The standard InChI is InChI=1S/C11H23NO2/c1-3-11(7-12-4-2)14-9-10-5-6-13-8-10/h10-12H,3-9H2,1-2H3. The smallest absolute Gasteiger partial charge is 0.0697 e. The molecule has 84 valence electrons. The van der Waals surface area contributed by atoms with Gasteiger partial charge in [0, 0.05) is 19.1 Å². The summed E-state index contributed by atoms with van der Waals surface area (Å²) in [6.07, 6.45) is 2.62. The molecule has 1 heterocycles. The highest BCUT2D eigenvalue weighted by Gasteiger charge is 2.17. The lowest BCUT2D eigenvalue weighted by Crippen LogP contribution is -2.30. The molecule has 0 saturated carbocycles. The Balaban J connectivity index is 2.06. The lowest BCUT2D eigenvalue weighted by molar-refractivity contribution is 0.0248. The fourth-order valence-corrected chi connectivity index (χ4v) is 1.61. The highest BCUT2D eigenvalue weighted by Crippen LogP contribution is 2.13. The lowest BCUT2D eigenvalue weighted by Gasteiger charge is -2.18. The summed E-state index contributed by atoms with van der Waals surface area (Å²) in [5.74, 6) is 0.630. The zero-order valence-electron chi connectivity index (χ0n) is 9.42. The Hall–Kier alpha value is -0.120. The highest BCUT2D eigenvalue weighted by atomic mass is 16.5. The van der Waals surface area contributed by atoms with Gasteiger partial charge in [-0.2, -0.15) is 0 Å². The van der Waals surface area contributed by atoms with Gasteiger partial charge in [-0.25, -0.2) is 0 Å². The first-order valence-corrected chi connectivity index (χ1v) is 5.76. The van der Waals surface area contributed by atoms with Crippen LogP contribution >= 0.6 is 0 Å². The molecule has 1 aliphatic rings. The second-order valence-corrected chi connectivity index (χ2v) is 3.90. The van der Waals surface area contributed by atoms with Gasteiger partial charge in [0.15, 0.2) is 0 Å². The first-order chi connectivity index (χ1) is 6.86. The molecule has 1 aliphatic heterocycles. The van der Waals surface area contributed by atoms with E-state index in [9.17, 15) is 0 Å². The van der Waals surface area contributed by atoms with E-state index in [0.29, 0.717) is 12.0 Å². The topological polar surface area (TPSA) is 30.5 Å². The highest BCUT2D eigenvalue weighted by molar-refractivity contribution is 4.65. The molecule has 1 N–H and O–H groups in total. The zero-order valence-corrected chi connectivity index (χ0v) is 9.42. The Morgan fingerprint density at radius 1 is 1.50 bits per heavy atom. The predicted octanol–water partition coefficient (Wildman–Crippen LogP) is 1.43. The van der Waals surface area contributed by atoms with Crippen LogP contribution in [0.15, 0.2) is 0 Å². The molecule has 0 amide bonds. The molecule has 2 atom stereocenters. The van der Waals surface area contributed by atoms with E-state index in [4.69, 9.17) is 9.47 Å². The molecule has 0 radical (unpaired) electrons. The van der Waals surface area contributed by atoms with Crippen molar-refractivity contribution in [1.82, 2.24) is 5.32 Å². The molecule has 2 unspecified atom stereocenters. The Morgan fingerprint density at radius 3 is 2.93 bits per heavy atom. The molecule has 1 saturated heterocycles. The number of nitrogens with one attached hydrogen (secondary N) is 1. The minimum Gasteiger partial charge on any atom is -0.381 e. The minimum atomic E-state index is 0.371. The maximum absolute atomic E-state index is 5.83. The SMILES string of the molecule is CCNCC(CC)OCC1CCOC1. The summed E-state index contributed by atoms with van der Waals surface area (Å²) in [7, 11) is 0. The second-order valence-electron chi connectivity index (χ2n) is 3.90. The van der Waals surface area contributed by atoms with Crippen LogP contribution in [0.1, 0.15) is 26.7 Å². The van der Waals surface area contributed by atoms with Gasteiger partial charge in [-0.05, 0) is 19.4 Å². The van der Waals surface area contributed by atoms with Gasteiger partial charge < -0.3 is 14.8 Å². The molecule has 0 aromatic carbocycles. The van der Waals surface area contributed by atoms with Gasteiger partial charge in [0.25, 0.3) is 0 Å². The zero-order chi connectivity index (χ0) is 10.2. The Bertz CT molecular complexity index is 135. The van der Waals surface area contributed by atoms with Crippen LogP contribution < -0.4 is 5.32 Å². The molecule has 0 aromatic heterocycles. The average molecular weight is 201 g/mol. The van der Waals surface area contributed by atoms with E-state index in [-0.39, 0.29) is 0 Å². The van der Waals surface area contributed by atoms with Crippen molar-refractivity contribution in [3.63, 3.8) is 0 Å². The van der Waals surface area contributed by atoms with Gasteiger partial charge in [-0.3, -0.25) is 0 Å². The van der Waals surface area contributed by atoms with Crippen LogP contribution in [0.25, 0.3) is 0 Å². The fraction of sp³-hybridized carbons (Fsp3) is 1.00. The molecule has 3 heteroatoms. The molecule has 0 spiro atoms. The van der Waals surface area contributed by atoms with Gasteiger partial charge in [0.2, 0.25) is 0 Å². The molecule has 0 aromatic rings. The monoisotopic (exact) mass is 201 g/mol. The van der Waals surface area contributed by atoms with E-state index >= 15 is 0 Å². The average Bonchev–Trinajstić information content (AvgIpc) is 2.71. The first-order valence-electron chi connectivity index (χ1n) is 5.76. The maximum atomic E-state index is 5.83. The van der Waals surface area contributed by atoms with Crippen molar-refractivity contribution in [2.45, 2.75) is 32.8 Å². The quantitative estimate of drug-likeness (QED) is 0.676. The van der Waals surface area contributed by atoms with Gasteiger partial charge in [0.05, 0.1) is 19.3 Å². The summed E-state index contributed by atoms with van der Waals surface area (Å²) < 4.78 is 11.1. The Morgan fingerprint density at radius 2 is 2.36 bits per heavy atom. The lowest BCUT2D eigenvalue weighted by atomic mass is 10.1. The second kappa shape index (κ2) is 7.21. The third kappa shape index (κ3) is 4.40. The van der Waals surface area contributed by atoms with Crippen molar-refractivity contribution in [2.24, 2.45) is 5.92 Å². The van der Waals surface area contributed by atoms with Crippen LogP contribution in [-0.4, -0.2) is 39.0 Å². The van der Waals surface area contributed by atoms with E-state index < -0.39 is 0 Å². The third-order valence-electron chi connectivity index (χ3n) is 2.67. The van der Waals surface area contributed by atoms with Crippen molar-refractivity contribution in [3.05, 3.63) is 0 Å². The number of hydrogen-bond donors (Lipinski definition) is 1. The Kier molecular flexibility index (Phi) is 6.15. The molecule has 1 fully saturated rings. The summed E-state index contributed by atoms with van der Waals surface area (Å²) in [5, 5.41) is 3.32. The van der Waals surface area contributed by atoms with Crippen LogP contribution in [0.5, 0.6) is 0 Å². The fourth-order valence-electron chi connectivity index (χ4n) is 1.61. The van der Waals surface area contributed by atoms with Crippen LogP contribution in [-0.2, 0) is 9.47 Å². The van der Waals surface area contributed by atoms with Crippen LogP contribution in [0.2, 0.25) is 0 Å². The molecule has 1 rings (SSSR count). The van der Waals surface area contributed by atoms with Gasteiger partial charge in [-0.1, -0.05) is 13.8 Å². The maximum Gasteiger partial charge on any atom is 0.0697 e. The molecule has 0 aliphatic carbocycles. The van der Waals surface area contributed by atoms with Crippen LogP contribution in [0.3, 0.4) is 0 Å². The number of hydrogen-bond acceptors (Lipinski definition) is 3. The van der Waals surface area contributed by atoms with Crippen molar-refractivity contribution >= 4 is 0 Å². The van der Waals surface area contributed by atoms with E-state index in [1.54, 1.807) is 0 Å². The van der Waals surface area contributed by atoms with Crippen LogP contribution in [0.4, 0.5) is 0 Å². The summed E-state index contributed by atoms with van der Waals surface area (Å²) in [6.45, 7) is 8.96. The van der Waals surface area contributed by atoms with E-state index in [1.807, 2.05) is 0 Å². The van der Waals surface area contributed by atoms with Crippen LogP contribution in [0, 0.1) is 5.92 Å². The largest absolute Gasteiger partial charge is 0.381 e. The number of likely N-dealkylation sites (N-methyl/N-ethyl adjacent to an activating group) is 1. The summed E-state index contributed by atoms with van der Waals surface area (Å²) in [6, 6.07) is 0. The van der Waals surface area contributed by atoms with Crippen molar-refractivity contribution < 1.29 is 9.47 Å². The Labute approximate surface area is 87.2 Å². The van der Waals surface area contributed by atoms with E-state index in [0.717, 1.165) is 45.8 Å². The summed E-state index contributed by atoms with van der Waals surface area (Å²) in [4.78, 5) is 0. The van der Waals surface area contributed by atoms with Gasteiger partial charge >= 0.3 is 0 Å². The third-order valence-corrected chi connectivity index (χ3v) is 2.67. The molecule has 14 heavy (non-hydrogen) atoms. The normalized spacial score (nSPS) is 24.0. The molecular weight excluding hydrogens is 178 g/mol. The first kappa shape index (κ1) is 12.0. The van der Waals surface area contributed by atoms with Gasteiger partial charge in [0.1, 0.15) is 0 Å². The summed E-state index contributed by atoms with van der Waals surface area (Å²) >= 11 is 0. The number of ether oxygens (including phenoxy) is 2.